The molecule has 9 N–H and O–H groups in total. The molecule has 0 saturated heterocycles. The molecule has 3 aromatic heterocycles. The second-order valence-electron chi connectivity index (χ2n) is 30.4. The maximum Gasteiger partial charge on any atom is 0.233 e. The molecular weight excluding hydrogens is 1910 g/mol. The Morgan fingerprint density at radius 1 is 0.170 bits per heavy atom. The Kier molecular flexibility index (Phi) is 45.3. The van der Waals surface area contributed by atoms with Crippen molar-refractivity contribution >= 4 is 105 Å². The van der Waals surface area contributed by atoms with Gasteiger partial charge in [0.05, 0.1) is 187 Å². The minimum atomic E-state index is 0.184. The van der Waals surface area contributed by atoms with Crippen molar-refractivity contribution in [3.8, 4) is 121 Å². The summed E-state index contributed by atoms with van der Waals surface area (Å²) < 4.78 is 150. The van der Waals surface area contributed by atoms with Gasteiger partial charge >= 0.3 is 0 Å². The summed E-state index contributed by atoms with van der Waals surface area (Å²) in [5, 5.41) is 29.3. The highest BCUT2D eigenvalue weighted by Crippen LogP contribution is 2.47. The number of rotatable bonds is 60. The highest BCUT2D eigenvalue weighted by Gasteiger charge is 2.25. The van der Waals surface area contributed by atoms with Gasteiger partial charge in [0, 0.05) is 144 Å². The van der Waals surface area contributed by atoms with Crippen LogP contribution >= 0.6 is 0 Å². The molecule has 0 unspecified atom stereocenters. The average Bonchev–Trinajstić information content (AvgIpc) is 0.816. The van der Waals surface area contributed by atoms with Gasteiger partial charge in [-0.3, -0.25) is 0 Å². The molecule has 0 aliphatic heterocycles. The van der Waals surface area contributed by atoms with Crippen molar-refractivity contribution in [2.45, 2.75) is 41.5 Å². The predicted molar refractivity (Wildman–Crippen MR) is 558 cm³/mol. The second-order valence-corrected chi connectivity index (χ2v) is 30.4. The van der Waals surface area contributed by atoms with Crippen molar-refractivity contribution in [3.63, 3.8) is 0 Å². The van der Waals surface area contributed by atoms with Gasteiger partial charge in [-0.25, -0.2) is 0 Å². The van der Waals surface area contributed by atoms with E-state index in [0.29, 0.717) is 271 Å². The van der Waals surface area contributed by atoms with Crippen LogP contribution in [-0.4, -0.2) is 272 Å². The van der Waals surface area contributed by atoms with Gasteiger partial charge in [-0.2, -0.15) is 44.9 Å². The summed E-state index contributed by atoms with van der Waals surface area (Å²) in [7, 11) is 28.0. The van der Waals surface area contributed by atoms with Gasteiger partial charge in [0.1, 0.15) is 19.8 Å². The summed E-state index contributed by atoms with van der Waals surface area (Å²) in [4.78, 5) is 41.8. The van der Waals surface area contributed by atoms with Crippen LogP contribution in [0, 0.1) is 20.8 Å². The second kappa shape index (κ2) is 59.1. The number of hydrogen-bond acceptors (Lipinski definition) is 45. The summed E-state index contributed by atoms with van der Waals surface area (Å²) in [6, 6.07) is 37.7. The van der Waals surface area contributed by atoms with Crippen LogP contribution in [0.15, 0.2) is 127 Å². The van der Waals surface area contributed by atoms with Gasteiger partial charge in [-0.15, -0.1) is 0 Å². The van der Waals surface area contributed by atoms with Crippen LogP contribution in [0.3, 0.4) is 0 Å². The molecule has 45 nitrogen and oxygen atoms in total. The lowest BCUT2D eigenvalue weighted by Crippen LogP contribution is -2.12. The number of nitrogens with one attached hydrogen (secondary N) is 9. The largest absolute Gasteiger partial charge is 0.493 e. The molecule has 45 heteroatoms. The zero-order chi connectivity index (χ0) is 106. The zero-order valence-electron chi connectivity index (χ0n) is 87.3. The molecule has 0 spiro atoms. The Bertz CT molecular complexity index is 5490. The van der Waals surface area contributed by atoms with E-state index in [1.165, 1.54) is 64.0 Å². The number of ether oxygens (including phenoxy) is 27. The molecule has 12 rings (SSSR count). The molecule has 0 aliphatic rings. The van der Waals surface area contributed by atoms with E-state index in [1.807, 2.05) is 96.1 Å². The smallest absolute Gasteiger partial charge is 0.233 e. The van der Waals surface area contributed by atoms with Gasteiger partial charge in [0.2, 0.25) is 70.8 Å². The maximum absolute atomic E-state index is 6.09. The highest BCUT2D eigenvalue weighted by molar-refractivity contribution is 5.75. The Labute approximate surface area is 854 Å². The quantitative estimate of drug-likeness (QED) is 0.0160. The van der Waals surface area contributed by atoms with E-state index in [9.17, 15) is 0 Å². The number of aromatic nitrogens is 9. The molecule has 0 fully saturated rings. The lowest BCUT2D eigenvalue weighted by molar-refractivity contribution is 0.0401. The Hall–Kier alpha value is -16.2. The fourth-order valence-corrected chi connectivity index (χ4v) is 13.9. The van der Waals surface area contributed by atoms with Crippen molar-refractivity contribution in [2.75, 3.05) is 275 Å². The third-order valence-corrected chi connectivity index (χ3v) is 21.0. The number of benzene rings is 9. The van der Waals surface area contributed by atoms with Crippen LogP contribution < -0.4 is 147 Å². The first-order valence-corrected chi connectivity index (χ1v) is 46.3. The highest BCUT2D eigenvalue weighted by atomic mass is 16.6. The maximum atomic E-state index is 6.09. The SMILES string of the molecule is CCOCCOCCOc1cc(Nc2nc(Nc3cc(OCCOCCOCC)c(OC)cc3C)nc(Nc3cc(OCCOCCOCC)c(OC)cc3C)n2)c(C)cc1OC.COc1cc(Nc2nc(Nc3cc(OC)c(OC)c(OC)c3)nc(Nc3cc(OC)c(OC)c(OC)c3)n2)cc(OC)c1OC.COc1ccc(Nc2nc(Nc3ccc(OC)c(OC)c3)nc(Nc3ccc(OC)c(OC)c3)n2)cc1OC. The summed E-state index contributed by atoms with van der Waals surface area (Å²) in [6.07, 6.45) is 0. The number of anilines is 18. The molecular formula is C102H132N18O27. The summed E-state index contributed by atoms with van der Waals surface area (Å²) in [5.74, 6) is 12.9. The molecule has 0 saturated carbocycles. The number of methoxy groups -OCH3 is 18. The lowest BCUT2D eigenvalue weighted by Gasteiger charge is -2.18. The molecule has 12 aromatic rings. The molecule has 0 aliphatic carbocycles. The number of aryl methyl sites for hydroxylation is 3. The van der Waals surface area contributed by atoms with Crippen LogP contribution in [0.5, 0.6) is 121 Å². The van der Waals surface area contributed by atoms with Gasteiger partial charge in [0.25, 0.3) is 0 Å². The fourth-order valence-electron chi connectivity index (χ4n) is 13.9. The van der Waals surface area contributed by atoms with Gasteiger partial charge < -0.3 is 176 Å². The Balaban J connectivity index is 0.000000233. The minimum absolute atomic E-state index is 0.184. The average molecular weight is 2040 g/mol. The van der Waals surface area contributed by atoms with Crippen LogP contribution in [0.4, 0.5) is 105 Å². The van der Waals surface area contributed by atoms with Crippen molar-refractivity contribution in [1.82, 2.24) is 44.9 Å². The molecule has 0 amide bonds. The van der Waals surface area contributed by atoms with E-state index in [1.54, 1.807) is 137 Å². The summed E-state index contributed by atoms with van der Waals surface area (Å²) in [6.45, 7) is 18.6. The predicted octanol–water partition coefficient (Wildman–Crippen LogP) is 17.7. The van der Waals surface area contributed by atoms with Crippen LogP contribution in [0.1, 0.15) is 37.5 Å². The standard InChI is InChI=1S/C45H66N6O12.C30H36N6O9.C27H30N6O6/c1-10-55-13-16-58-19-22-61-40-28-34(31(4)25-37(40)52-7)46-43-49-44(47-35-29-41(38(53-8)26-32(35)5)62-23-20-59-17-14-56-11-2)51-45(50-43)48-36-30-42(39(54-9)27-33(36)6)63-24-21-60-18-15-57-12-3;1-37-19-10-16(11-20(38-2)25(19)43-7)31-28-34-29(32-17-12-21(39-3)26(44-8)22(13-17)40-4)36-30(35-28)33-18-14-23(41-5)27(45-9)24(15-18)42-6;1-34-19-10-7-16(13-22(19)37-4)28-25-31-26(29-17-8-11-20(35-2)23(14-17)38-5)33-27(32-25)30-18-9-12-21(36-3)24(15-18)39-6/h25-30H,10-24H2,1-9H3,(H3,46,47,48,49,50,51);10-15H,1-9H3,(H3,31,32,33,34,35,36);7-15H,1-6H3,(H3,28,29,30,31,32,33). The summed E-state index contributed by atoms with van der Waals surface area (Å²) >= 11 is 0. The first kappa shape index (κ1) is 113. The van der Waals surface area contributed by atoms with E-state index in [2.05, 4.69) is 77.8 Å². The zero-order valence-corrected chi connectivity index (χ0v) is 87.3. The monoisotopic (exact) mass is 2040 g/mol. The first-order chi connectivity index (χ1) is 71.5. The van der Waals surface area contributed by atoms with Gasteiger partial charge in [-0.1, -0.05) is 0 Å². The van der Waals surface area contributed by atoms with Crippen molar-refractivity contribution in [1.29, 1.82) is 0 Å². The Morgan fingerprint density at radius 2 is 0.347 bits per heavy atom. The summed E-state index contributed by atoms with van der Waals surface area (Å²) in [5.41, 5.74) is 8.40. The van der Waals surface area contributed by atoms with Crippen molar-refractivity contribution < 1.29 is 128 Å². The van der Waals surface area contributed by atoms with Gasteiger partial charge in [0.15, 0.2) is 103 Å². The van der Waals surface area contributed by atoms with Crippen LogP contribution in [0.2, 0.25) is 0 Å². The molecule has 0 bridgehead atoms. The third kappa shape index (κ3) is 32.9. The molecule has 3 heterocycles. The van der Waals surface area contributed by atoms with E-state index < -0.39 is 0 Å². The van der Waals surface area contributed by atoms with Crippen molar-refractivity contribution in [2.24, 2.45) is 0 Å². The topological polar surface area (TPSA) is 473 Å². The van der Waals surface area contributed by atoms with Crippen molar-refractivity contribution in [3.05, 3.63) is 144 Å². The first-order valence-electron chi connectivity index (χ1n) is 46.3. The van der Waals surface area contributed by atoms with Gasteiger partial charge in [-0.05, 0) is 113 Å². The number of hydrogen-bond donors (Lipinski definition) is 9. The third-order valence-electron chi connectivity index (χ3n) is 21.0. The Morgan fingerprint density at radius 3 is 0.544 bits per heavy atom. The molecule has 0 atom stereocenters. The van der Waals surface area contributed by atoms with E-state index in [4.69, 9.17) is 143 Å². The molecule has 9 aromatic carbocycles. The fraction of sp³-hybridized carbons (Fsp3) is 0.382. The lowest BCUT2D eigenvalue weighted by atomic mass is 10.1. The van der Waals surface area contributed by atoms with E-state index in [-0.39, 0.29) is 53.5 Å². The van der Waals surface area contributed by atoms with Crippen LogP contribution in [-0.2, 0) is 28.4 Å². The van der Waals surface area contributed by atoms with E-state index >= 15 is 0 Å². The van der Waals surface area contributed by atoms with E-state index in [0.717, 1.165) is 16.7 Å². The molecule has 0 radical (unpaired) electrons. The molecule has 792 valence electrons. The van der Waals surface area contributed by atoms with Crippen LogP contribution in [0.25, 0.3) is 0 Å². The molecule has 147 heavy (non-hydrogen) atoms. The number of nitrogens with zero attached hydrogens (tertiary/aromatic N) is 9. The minimum Gasteiger partial charge on any atom is -0.493 e. The normalized spacial score (nSPS) is 10.6.